The van der Waals surface area contributed by atoms with Crippen molar-refractivity contribution >= 4 is 43.2 Å². The molecular weight excluding hydrogens is 298 g/mol. The van der Waals surface area contributed by atoms with Gasteiger partial charge in [0.25, 0.3) is 0 Å². The molecule has 0 fully saturated rings. The molecule has 0 aliphatic heterocycles. The van der Waals surface area contributed by atoms with Gasteiger partial charge in [0, 0.05) is 0 Å². The quantitative estimate of drug-likeness (QED) is 0.572. The molecule has 6 heteroatoms. The molecule has 2 nitrogen and oxygen atoms in total. The van der Waals surface area contributed by atoms with Crippen LogP contribution in [0.3, 0.4) is 0 Å². The fourth-order valence-electron chi connectivity index (χ4n) is 0.666. The number of rotatable bonds is 0. The van der Waals surface area contributed by atoms with Crippen LogP contribution in [0.2, 0.25) is 0 Å². The molecule has 0 saturated carbocycles. The van der Waals surface area contributed by atoms with E-state index in [1.807, 2.05) is 0 Å². The van der Waals surface area contributed by atoms with Crippen LogP contribution in [-0.2, 0) is 0 Å². The average molecular weight is 302 g/mol. The third-order valence-corrected chi connectivity index (χ3v) is 2.88. The highest BCUT2D eigenvalue weighted by molar-refractivity contribution is 9.11. The van der Waals surface area contributed by atoms with E-state index in [0.29, 0.717) is 0 Å². The topological polar surface area (TPSA) is 52.0 Å². The van der Waals surface area contributed by atoms with Crippen molar-refractivity contribution in [3.05, 3.63) is 20.6 Å². The number of nitrogen functional groups attached to an aromatic ring is 2. The summed E-state index contributed by atoms with van der Waals surface area (Å²) < 4.78 is 25.7. The van der Waals surface area contributed by atoms with Crippen molar-refractivity contribution in [2.75, 3.05) is 11.5 Å². The summed E-state index contributed by atoms with van der Waals surface area (Å²) in [7, 11) is 0. The van der Waals surface area contributed by atoms with Crippen molar-refractivity contribution in [1.82, 2.24) is 0 Å². The first-order valence-corrected chi connectivity index (χ1v) is 4.42. The minimum atomic E-state index is -0.763. The third kappa shape index (κ3) is 1.29. The monoisotopic (exact) mass is 300 g/mol. The minimum absolute atomic E-state index is 0.152. The van der Waals surface area contributed by atoms with E-state index in [-0.39, 0.29) is 20.3 Å². The van der Waals surface area contributed by atoms with Crippen molar-refractivity contribution in [3.63, 3.8) is 0 Å². The van der Waals surface area contributed by atoms with Crippen LogP contribution < -0.4 is 11.5 Å². The van der Waals surface area contributed by atoms with Crippen molar-refractivity contribution in [2.24, 2.45) is 0 Å². The molecule has 4 N–H and O–H groups in total. The molecule has 0 spiro atoms. The van der Waals surface area contributed by atoms with Crippen molar-refractivity contribution < 1.29 is 8.78 Å². The number of anilines is 2. The first kappa shape index (κ1) is 9.73. The van der Waals surface area contributed by atoms with Gasteiger partial charge in [-0.05, 0) is 31.9 Å². The van der Waals surface area contributed by atoms with Crippen LogP contribution in [0.4, 0.5) is 20.2 Å². The maximum absolute atomic E-state index is 13.0. The first-order valence-electron chi connectivity index (χ1n) is 2.83. The van der Waals surface area contributed by atoms with Crippen molar-refractivity contribution in [3.8, 4) is 0 Å². The highest BCUT2D eigenvalue weighted by Gasteiger charge is 2.17. The number of halogens is 4. The molecule has 0 bridgehead atoms. The predicted octanol–water partition coefficient (Wildman–Crippen LogP) is 2.65. The van der Waals surface area contributed by atoms with Gasteiger partial charge in [-0.1, -0.05) is 0 Å². The fraction of sp³-hybridized carbons (Fsp3) is 0. The molecule has 12 heavy (non-hydrogen) atoms. The lowest BCUT2D eigenvalue weighted by molar-refractivity contribution is 0.598. The Labute approximate surface area is 84.2 Å². The van der Waals surface area contributed by atoms with E-state index in [4.69, 9.17) is 11.5 Å². The summed E-state index contributed by atoms with van der Waals surface area (Å²) in [5, 5.41) is 0. The number of hydrogen-bond donors (Lipinski definition) is 2. The number of hydrogen-bond acceptors (Lipinski definition) is 2. The standard InChI is InChI=1S/C6H4Br2F2N2/c7-1-3(9)6(12)2(8)4(10)5(1)11/h11-12H2. The summed E-state index contributed by atoms with van der Waals surface area (Å²) in [6, 6.07) is 0. The molecular formula is C6H4Br2F2N2. The Morgan fingerprint density at radius 1 is 0.833 bits per heavy atom. The zero-order valence-corrected chi connectivity index (χ0v) is 8.84. The average Bonchev–Trinajstić information content (AvgIpc) is 2.08. The van der Waals surface area contributed by atoms with E-state index < -0.39 is 11.6 Å². The zero-order valence-electron chi connectivity index (χ0n) is 5.67. The van der Waals surface area contributed by atoms with Crippen LogP contribution in [0.1, 0.15) is 0 Å². The van der Waals surface area contributed by atoms with E-state index in [0.717, 1.165) is 0 Å². The first-order chi connectivity index (χ1) is 5.46. The van der Waals surface area contributed by atoms with Crippen molar-refractivity contribution in [1.29, 1.82) is 0 Å². The largest absolute Gasteiger partial charge is 0.395 e. The summed E-state index contributed by atoms with van der Waals surface area (Å²) in [4.78, 5) is 0. The Morgan fingerprint density at radius 3 is 1.33 bits per heavy atom. The van der Waals surface area contributed by atoms with E-state index >= 15 is 0 Å². The van der Waals surface area contributed by atoms with Crippen LogP contribution in [0.25, 0.3) is 0 Å². The highest BCUT2D eigenvalue weighted by atomic mass is 79.9. The lowest BCUT2D eigenvalue weighted by Gasteiger charge is -2.07. The van der Waals surface area contributed by atoms with Gasteiger partial charge in [0.2, 0.25) is 0 Å². The van der Waals surface area contributed by atoms with Crippen molar-refractivity contribution in [2.45, 2.75) is 0 Å². The van der Waals surface area contributed by atoms with Gasteiger partial charge in [0.05, 0.1) is 20.3 Å². The molecule has 0 aromatic heterocycles. The normalized spacial score (nSPS) is 10.3. The zero-order chi connectivity index (χ0) is 9.46. The van der Waals surface area contributed by atoms with Crippen LogP contribution in [-0.4, -0.2) is 0 Å². The molecule has 0 amide bonds. The van der Waals surface area contributed by atoms with E-state index in [1.54, 1.807) is 0 Å². The van der Waals surface area contributed by atoms with Gasteiger partial charge in [-0.3, -0.25) is 0 Å². The molecule has 1 rings (SSSR count). The lowest BCUT2D eigenvalue weighted by Crippen LogP contribution is -2.01. The maximum atomic E-state index is 13.0. The molecule has 0 aliphatic rings. The Bertz CT molecular complexity index is 236. The minimum Gasteiger partial charge on any atom is -0.395 e. The van der Waals surface area contributed by atoms with Gasteiger partial charge in [-0.25, -0.2) is 8.78 Å². The molecule has 0 saturated heterocycles. The lowest BCUT2D eigenvalue weighted by atomic mass is 10.2. The van der Waals surface area contributed by atoms with Gasteiger partial charge in [-0.15, -0.1) is 0 Å². The predicted molar refractivity (Wildman–Crippen MR) is 50.6 cm³/mol. The Hall–Kier alpha value is -0.360. The Balaban J connectivity index is 3.60. The second kappa shape index (κ2) is 3.18. The number of benzene rings is 1. The molecule has 1 aromatic carbocycles. The Morgan fingerprint density at radius 2 is 1.08 bits per heavy atom. The molecule has 0 radical (unpaired) electrons. The summed E-state index contributed by atoms with van der Waals surface area (Å²) in [6.45, 7) is 0. The molecule has 0 heterocycles. The molecule has 0 unspecified atom stereocenters. The van der Waals surface area contributed by atoms with Gasteiger partial charge >= 0.3 is 0 Å². The van der Waals surface area contributed by atoms with Crippen LogP contribution in [0.15, 0.2) is 8.95 Å². The highest BCUT2D eigenvalue weighted by Crippen LogP contribution is 2.36. The van der Waals surface area contributed by atoms with Crippen LogP contribution >= 0.6 is 31.9 Å². The SMILES string of the molecule is Nc1c(F)c(Br)c(N)c(F)c1Br. The van der Waals surface area contributed by atoms with Crippen LogP contribution in [0.5, 0.6) is 0 Å². The van der Waals surface area contributed by atoms with Crippen LogP contribution in [0, 0.1) is 11.6 Å². The van der Waals surface area contributed by atoms with Gasteiger partial charge in [0.1, 0.15) is 0 Å². The second-order valence-electron chi connectivity index (χ2n) is 2.08. The van der Waals surface area contributed by atoms with Gasteiger partial charge in [0.15, 0.2) is 11.6 Å². The third-order valence-electron chi connectivity index (χ3n) is 1.33. The maximum Gasteiger partial charge on any atom is 0.163 e. The summed E-state index contributed by atoms with van der Waals surface area (Å²) in [5.41, 5.74) is 9.81. The van der Waals surface area contributed by atoms with Gasteiger partial charge in [-0.2, -0.15) is 0 Å². The summed E-state index contributed by atoms with van der Waals surface area (Å²) >= 11 is 5.55. The summed E-state index contributed by atoms with van der Waals surface area (Å²) in [6.07, 6.45) is 0. The second-order valence-corrected chi connectivity index (χ2v) is 3.67. The van der Waals surface area contributed by atoms with E-state index in [1.165, 1.54) is 0 Å². The van der Waals surface area contributed by atoms with Gasteiger partial charge < -0.3 is 11.5 Å². The van der Waals surface area contributed by atoms with E-state index in [2.05, 4.69) is 31.9 Å². The number of nitrogens with two attached hydrogens (primary N) is 2. The molecule has 66 valence electrons. The smallest absolute Gasteiger partial charge is 0.163 e. The summed E-state index contributed by atoms with van der Waals surface area (Å²) in [5.74, 6) is -1.53. The fourth-order valence-corrected chi connectivity index (χ4v) is 1.44. The Kier molecular flexibility index (Phi) is 2.58. The van der Waals surface area contributed by atoms with E-state index in [9.17, 15) is 8.78 Å². The molecule has 1 aromatic rings. The molecule has 0 atom stereocenters. The molecule has 0 aliphatic carbocycles.